The van der Waals surface area contributed by atoms with Gasteiger partial charge in [0.1, 0.15) is 0 Å². The molecular weight excluding hydrogens is 346 g/mol. The third-order valence-electron chi connectivity index (χ3n) is 4.84. The lowest BCUT2D eigenvalue weighted by molar-refractivity contribution is 0.0903. The zero-order valence-corrected chi connectivity index (χ0v) is 15.0. The van der Waals surface area contributed by atoms with Gasteiger partial charge in [0.15, 0.2) is 0 Å². The summed E-state index contributed by atoms with van der Waals surface area (Å²) in [6.07, 6.45) is 3.37. The Kier molecular flexibility index (Phi) is 4.72. The van der Waals surface area contributed by atoms with Crippen LogP contribution < -0.4 is 16.4 Å². The summed E-state index contributed by atoms with van der Waals surface area (Å²) in [5, 5.41) is 8.90. The molecule has 2 N–H and O–H groups in total. The van der Waals surface area contributed by atoms with Gasteiger partial charge in [0, 0.05) is 30.7 Å². The van der Waals surface area contributed by atoms with Gasteiger partial charge >= 0.3 is 0 Å². The third-order valence-corrected chi connectivity index (χ3v) is 4.84. The summed E-state index contributed by atoms with van der Waals surface area (Å²) in [6.45, 7) is 3.19. The lowest BCUT2D eigenvalue weighted by Gasteiger charge is -2.23. The standard InChI is InChI=1S/C19H21N5O3/c1-12(24-18(26)15-5-3-2-4-13(15)11-20-24)16-10-17(25)23-19(22-16)21-14-6-8-27-9-7-14/h2-5,10-12,14H,6-9H2,1H3,(H2,21,22,23,25). The quantitative estimate of drug-likeness (QED) is 0.727. The fraction of sp³-hybridized carbons (Fsp3) is 0.368. The van der Waals surface area contributed by atoms with Crippen molar-refractivity contribution >= 4 is 16.7 Å². The summed E-state index contributed by atoms with van der Waals surface area (Å²) in [5.41, 5.74) is 0.00931. The van der Waals surface area contributed by atoms with E-state index in [9.17, 15) is 9.59 Å². The minimum absolute atomic E-state index is 0.203. The van der Waals surface area contributed by atoms with Gasteiger partial charge in [-0.1, -0.05) is 18.2 Å². The predicted molar refractivity (Wildman–Crippen MR) is 102 cm³/mol. The second-order valence-corrected chi connectivity index (χ2v) is 6.71. The van der Waals surface area contributed by atoms with Crippen LogP contribution >= 0.6 is 0 Å². The number of ether oxygens (including phenoxy) is 1. The van der Waals surface area contributed by atoms with Gasteiger partial charge in [-0.3, -0.25) is 14.6 Å². The number of benzene rings is 1. The lowest BCUT2D eigenvalue weighted by atomic mass is 10.1. The number of hydrogen-bond donors (Lipinski definition) is 2. The maximum Gasteiger partial charge on any atom is 0.275 e. The summed E-state index contributed by atoms with van der Waals surface area (Å²) in [7, 11) is 0. The third kappa shape index (κ3) is 3.61. The van der Waals surface area contributed by atoms with Gasteiger partial charge < -0.3 is 10.1 Å². The highest BCUT2D eigenvalue weighted by Crippen LogP contribution is 2.16. The number of nitrogens with one attached hydrogen (secondary N) is 2. The van der Waals surface area contributed by atoms with Crippen molar-refractivity contribution in [2.75, 3.05) is 18.5 Å². The molecule has 1 unspecified atom stereocenters. The van der Waals surface area contributed by atoms with Crippen molar-refractivity contribution < 1.29 is 4.74 Å². The molecule has 1 saturated heterocycles. The Bertz CT molecular complexity index is 1070. The summed E-state index contributed by atoms with van der Waals surface area (Å²) in [4.78, 5) is 32.1. The molecule has 0 spiro atoms. The first kappa shape index (κ1) is 17.4. The fourth-order valence-corrected chi connectivity index (χ4v) is 3.30. The summed E-state index contributed by atoms with van der Waals surface area (Å²) >= 11 is 0. The van der Waals surface area contributed by atoms with Crippen LogP contribution in [0.5, 0.6) is 0 Å². The number of aromatic amines is 1. The number of fused-ring (bicyclic) bond motifs is 1. The maximum atomic E-state index is 12.8. The molecule has 1 fully saturated rings. The van der Waals surface area contributed by atoms with Gasteiger partial charge in [0.2, 0.25) is 5.95 Å². The number of anilines is 1. The Morgan fingerprint density at radius 2 is 2.04 bits per heavy atom. The molecule has 0 aliphatic carbocycles. The first-order chi connectivity index (χ1) is 13.1. The Morgan fingerprint density at radius 1 is 1.26 bits per heavy atom. The van der Waals surface area contributed by atoms with Crippen LogP contribution in [0.2, 0.25) is 0 Å². The normalized spacial score (nSPS) is 16.3. The largest absolute Gasteiger partial charge is 0.381 e. The molecule has 0 radical (unpaired) electrons. The number of H-pyrrole nitrogens is 1. The van der Waals surface area contributed by atoms with Crippen LogP contribution in [0.15, 0.2) is 46.1 Å². The highest BCUT2D eigenvalue weighted by atomic mass is 16.5. The molecule has 0 saturated carbocycles. The van der Waals surface area contributed by atoms with Gasteiger partial charge in [0.25, 0.3) is 11.1 Å². The average molecular weight is 367 g/mol. The van der Waals surface area contributed by atoms with Crippen molar-refractivity contribution in [3.63, 3.8) is 0 Å². The molecule has 3 heterocycles. The molecule has 1 aliphatic heterocycles. The Labute approximate surface area is 155 Å². The molecule has 2 aromatic heterocycles. The van der Waals surface area contributed by atoms with Crippen LogP contribution in [0.3, 0.4) is 0 Å². The van der Waals surface area contributed by atoms with E-state index in [0.29, 0.717) is 30.2 Å². The fourth-order valence-electron chi connectivity index (χ4n) is 3.30. The molecular formula is C19H21N5O3. The van der Waals surface area contributed by atoms with E-state index in [0.717, 1.165) is 18.2 Å². The molecule has 27 heavy (non-hydrogen) atoms. The Hall–Kier alpha value is -3.00. The molecule has 0 bridgehead atoms. The molecule has 1 aliphatic rings. The highest BCUT2D eigenvalue weighted by Gasteiger charge is 2.18. The first-order valence-corrected chi connectivity index (χ1v) is 9.04. The first-order valence-electron chi connectivity index (χ1n) is 9.04. The van der Waals surface area contributed by atoms with Crippen LogP contribution in [0.25, 0.3) is 10.8 Å². The summed E-state index contributed by atoms with van der Waals surface area (Å²) in [6, 6.07) is 8.44. The highest BCUT2D eigenvalue weighted by molar-refractivity contribution is 5.80. The number of hydrogen-bond acceptors (Lipinski definition) is 6. The Balaban J connectivity index is 1.67. The second kappa shape index (κ2) is 7.32. The smallest absolute Gasteiger partial charge is 0.275 e. The van der Waals surface area contributed by atoms with Gasteiger partial charge in [-0.25, -0.2) is 9.67 Å². The van der Waals surface area contributed by atoms with Crippen molar-refractivity contribution in [2.45, 2.75) is 31.8 Å². The predicted octanol–water partition coefficient (Wildman–Crippen LogP) is 1.68. The average Bonchev–Trinajstić information content (AvgIpc) is 2.68. The van der Waals surface area contributed by atoms with Crippen molar-refractivity contribution in [3.05, 3.63) is 62.9 Å². The van der Waals surface area contributed by atoms with Crippen LogP contribution in [0.1, 0.15) is 31.5 Å². The Morgan fingerprint density at radius 3 is 2.85 bits per heavy atom. The maximum absolute atomic E-state index is 12.8. The molecule has 8 nitrogen and oxygen atoms in total. The summed E-state index contributed by atoms with van der Waals surface area (Å²) < 4.78 is 6.71. The molecule has 1 atom stereocenters. The van der Waals surface area contributed by atoms with Crippen LogP contribution in [-0.4, -0.2) is 39.0 Å². The zero-order chi connectivity index (χ0) is 18.8. The summed E-state index contributed by atoms with van der Waals surface area (Å²) in [5.74, 6) is 0.407. The van der Waals surface area contributed by atoms with Crippen molar-refractivity contribution in [2.24, 2.45) is 0 Å². The van der Waals surface area contributed by atoms with Crippen molar-refractivity contribution in [1.29, 1.82) is 0 Å². The second-order valence-electron chi connectivity index (χ2n) is 6.71. The number of nitrogens with zero attached hydrogens (tertiary/aromatic N) is 3. The van der Waals surface area contributed by atoms with Crippen molar-refractivity contribution in [1.82, 2.24) is 19.7 Å². The van der Waals surface area contributed by atoms with E-state index in [1.54, 1.807) is 12.3 Å². The molecule has 4 rings (SSSR count). The molecule has 3 aromatic rings. The number of rotatable bonds is 4. The van der Waals surface area contributed by atoms with Crippen molar-refractivity contribution in [3.8, 4) is 0 Å². The van der Waals surface area contributed by atoms with E-state index < -0.39 is 6.04 Å². The molecule has 140 valence electrons. The van der Waals surface area contributed by atoms with E-state index in [1.807, 2.05) is 25.1 Å². The lowest BCUT2D eigenvalue weighted by Crippen LogP contribution is -2.31. The minimum Gasteiger partial charge on any atom is -0.381 e. The zero-order valence-electron chi connectivity index (χ0n) is 15.0. The monoisotopic (exact) mass is 367 g/mol. The SMILES string of the molecule is CC(c1cc(=O)[nH]c(NC2CCOCC2)n1)n1ncc2ccccc2c1=O. The minimum atomic E-state index is -0.473. The van der Waals surface area contributed by atoms with Gasteiger partial charge in [-0.2, -0.15) is 5.10 Å². The van der Waals surface area contributed by atoms with E-state index in [4.69, 9.17) is 4.74 Å². The topological polar surface area (TPSA) is 102 Å². The molecule has 0 amide bonds. The van der Waals surface area contributed by atoms with Gasteiger partial charge in [-0.05, 0) is 25.8 Å². The van der Waals surface area contributed by atoms with Crippen LogP contribution in [0.4, 0.5) is 5.95 Å². The molecule has 8 heteroatoms. The number of aromatic nitrogens is 4. The van der Waals surface area contributed by atoms with Crippen LogP contribution in [0, 0.1) is 0 Å². The van der Waals surface area contributed by atoms with E-state index in [-0.39, 0.29) is 17.2 Å². The van der Waals surface area contributed by atoms with Gasteiger partial charge in [0.05, 0.1) is 23.3 Å². The van der Waals surface area contributed by atoms with E-state index >= 15 is 0 Å². The van der Waals surface area contributed by atoms with Crippen LogP contribution in [-0.2, 0) is 4.74 Å². The van der Waals surface area contributed by atoms with E-state index in [2.05, 4.69) is 20.4 Å². The molecule has 1 aromatic carbocycles. The van der Waals surface area contributed by atoms with E-state index in [1.165, 1.54) is 10.7 Å². The van der Waals surface area contributed by atoms with Gasteiger partial charge in [-0.15, -0.1) is 0 Å².